The van der Waals surface area contributed by atoms with Crippen LogP contribution >= 0.6 is 0 Å². The van der Waals surface area contributed by atoms with Crippen LogP contribution in [0.2, 0.25) is 0 Å². The summed E-state index contributed by atoms with van der Waals surface area (Å²) >= 11 is 0. The predicted octanol–water partition coefficient (Wildman–Crippen LogP) is 5.10. The number of fused-ring (bicyclic) bond motifs is 1. The Morgan fingerprint density at radius 3 is 2.40 bits per heavy atom. The van der Waals surface area contributed by atoms with Crippen molar-refractivity contribution in [1.29, 1.82) is 0 Å². The lowest BCUT2D eigenvalue weighted by Crippen LogP contribution is -2.49. The Hall–Kier alpha value is -3.81. The second-order valence-corrected chi connectivity index (χ2v) is 11.5. The first-order valence-corrected chi connectivity index (χ1v) is 14.4. The van der Waals surface area contributed by atoms with Crippen LogP contribution in [0.3, 0.4) is 0 Å². The van der Waals surface area contributed by atoms with Crippen LogP contribution in [0.25, 0.3) is 10.9 Å². The van der Waals surface area contributed by atoms with Gasteiger partial charge in [0.15, 0.2) is 0 Å². The normalized spacial score (nSPS) is 19.6. The van der Waals surface area contributed by atoms with Crippen LogP contribution in [0.1, 0.15) is 38.7 Å². The minimum atomic E-state index is -0.154. The van der Waals surface area contributed by atoms with Crippen molar-refractivity contribution in [3.05, 3.63) is 54.1 Å². The Bertz CT molecular complexity index is 1360. The first-order chi connectivity index (χ1) is 19.3. The van der Waals surface area contributed by atoms with Gasteiger partial charge in [-0.2, -0.15) is 0 Å². The van der Waals surface area contributed by atoms with Crippen molar-refractivity contribution in [3.63, 3.8) is 0 Å². The van der Waals surface area contributed by atoms with Crippen LogP contribution in [0.5, 0.6) is 5.75 Å². The van der Waals surface area contributed by atoms with E-state index in [0.717, 1.165) is 65.6 Å². The van der Waals surface area contributed by atoms with E-state index in [1.54, 1.807) is 7.11 Å². The minimum absolute atomic E-state index is 0.0160. The molecule has 2 aromatic carbocycles. The predicted molar refractivity (Wildman–Crippen MR) is 161 cm³/mol. The fraction of sp³-hybridized carbons (Fsp3) is 0.469. The zero-order chi connectivity index (χ0) is 28.2. The van der Waals surface area contributed by atoms with E-state index in [4.69, 9.17) is 9.72 Å². The molecular formula is C32H41N5O3. The topological polar surface area (TPSA) is 78.0 Å². The molecule has 40 heavy (non-hydrogen) atoms. The zero-order valence-corrected chi connectivity index (χ0v) is 24.2. The Balaban J connectivity index is 1.14. The number of carbonyl (C=O) groups is 2. The summed E-state index contributed by atoms with van der Waals surface area (Å²) in [5, 5.41) is 4.01. The molecule has 2 atom stereocenters. The molecule has 2 aliphatic heterocycles. The monoisotopic (exact) mass is 543 g/mol. The number of amides is 2. The third-order valence-corrected chi connectivity index (χ3v) is 8.10. The standard InChI is InChI=1S/C32H41N5O3/c1-22-17-23(2)21-37(20-22)30-18-24(3)26-19-25(9-10-27(26)34-30)33-31(38)11-12-32(39)36-15-13-35(14-16-36)28-7-5-6-8-29(28)40-4/h5-10,18-19,22-23H,11-17,20-21H2,1-4H3,(H,33,38)/t22-,23-/m1/s1. The van der Waals surface area contributed by atoms with Crippen LogP contribution in [-0.2, 0) is 9.59 Å². The number of piperidine rings is 1. The van der Waals surface area contributed by atoms with E-state index in [0.29, 0.717) is 24.9 Å². The number of nitrogens with one attached hydrogen (secondary N) is 1. The third-order valence-electron chi connectivity index (χ3n) is 8.10. The molecule has 2 aliphatic rings. The molecule has 0 aliphatic carbocycles. The fourth-order valence-electron chi connectivity index (χ4n) is 6.16. The second-order valence-electron chi connectivity index (χ2n) is 11.5. The average Bonchev–Trinajstić information content (AvgIpc) is 2.95. The van der Waals surface area contributed by atoms with Gasteiger partial charge >= 0.3 is 0 Å². The number of rotatable bonds is 7. The molecule has 0 spiro atoms. The van der Waals surface area contributed by atoms with Crippen LogP contribution in [0.15, 0.2) is 48.5 Å². The molecule has 0 unspecified atom stereocenters. The van der Waals surface area contributed by atoms with Gasteiger partial charge in [0.25, 0.3) is 0 Å². The zero-order valence-electron chi connectivity index (χ0n) is 24.2. The maximum Gasteiger partial charge on any atom is 0.224 e. The smallest absolute Gasteiger partial charge is 0.224 e. The summed E-state index contributed by atoms with van der Waals surface area (Å²) in [7, 11) is 1.67. The van der Waals surface area contributed by atoms with Crippen LogP contribution in [0, 0.1) is 18.8 Å². The van der Waals surface area contributed by atoms with E-state index in [1.165, 1.54) is 6.42 Å². The molecule has 0 bridgehead atoms. The lowest BCUT2D eigenvalue weighted by molar-refractivity contribution is -0.133. The number of piperazine rings is 1. The molecule has 5 rings (SSSR count). The van der Waals surface area contributed by atoms with E-state index in [-0.39, 0.29) is 24.7 Å². The molecule has 8 nitrogen and oxygen atoms in total. The van der Waals surface area contributed by atoms with Gasteiger partial charge in [-0.3, -0.25) is 9.59 Å². The van der Waals surface area contributed by atoms with Gasteiger partial charge in [-0.25, -0.2) is 4.98 Å². The third kappa shape index (κ3) is 6.32. The molecule has 0 saturated carbocycles. The van der Waals surface area contributed by atoms with Gasteiger partial charge in [0.2, 0.25) is 11.8 Å². The SMILES string of the molecule is COc1ccccc1N1CCN(C(=O)CCC(=O)Nc2ccc3nc(N4C[C@H](C)C[C@@H](C)C4)cc(C)c3c2)CC1. The van der Waals surface area contributed by atoms with Crippen LogP contribution in [-0.4, -0.2) is 68.1 Å². The average molecular weight is 544 g/mol. The highest BCUT2D eigenvalue weighted by Gasteiger charge is 2.24. The summed E-state index contributed by atoms with van der Waals surface area (Å²) in [5.41, 5.74) is 3.85. The molecule has 2 fully saturated rings. The number of methoxy groups -OCH3 is 1. The van der Waals surface area contributed by atoms with E-state index in [1.807, 2.05) is 47.4 Å². The number of aryl methyl sites for hydroxylation is 1. The summed E-state index contributed by atoms with van der Waals surface area (Å²) in [6, 6.07) is 16.0. The molecule has 1 N–H and O–H groups in total. The second kappa shape index (κ2) is 12.1. The first kappa shape index (κ1) is 27.7. The molecule has 2 amide bonds. The van der Waals surface area contributed by atoms with Crippen molar-refractivity contribution in [2.45, 2.75) is 40.0 Å². The number of benzene rings is 2. The van der Waals surface area contributed by atoms with Gasteiger partial charge in [-0.05, 0) is 67.1 Å². The van der Waals surface area contributed by atoms with E-state index in [2.05, 4.69) is 42.0 Å². The summed E-state index contributed by atoms with van der Waals surface area (Å²) in [6.07, 6.45) is 1.62. The van der Waals surface area contributed by atoms with Gasteiger partial charge in [0, 0.05) is 63.2 Å². The van der Waals surface area contributed by atoms with Crippen molar-refractivity contribution in [1.82, 2.24) is 9.88 Å². The van der Waals surface area contributed by atoms with Crippen molar-refractivity contribution in [2.24, 2.45) is 11.8 Å². The number of ether oxygens (including phenoxy) is 1. The van der Waals surface area contributed by atoms with Crippen molar-refractivity contribution in [3.8, 4) is 5.75 Å². The number of anilines is 3. The highest BCUT2D eigenvalue weighted by Crippen LogP contribution is 2.30. The molecule has 3 aromatic rings. The quantitative estimate of drug-likeness (QED) is 0.447. The van der Waals surface area contributed by atoms with Crippen molar-refractivity contribution >= 4 is 39.9 Å². The Morgan fingerprint density at radius 1 is 0.950 bits per heavy atom. The molecule has 2 saturated heterocycles. The number of carbonyl (C=O) groups excluding carboxylic acids is 2. The summed E-state index contributed by atoms with van der Waals surface area (Å²) in [5.74, 6) is 3.05. The minimum Gasteiger partial charge on any atom is -0.495 e. The number of nitrogens with zero attached hydrogens (tertiary/aromatic N) is 4. The van der Waals surface area contributed by atoms with E-state index < -0.39 is 0 Å². The van der Waals surface area contributed by atoms with Gasteiger partial charge in [-0.1, -0.05) is 26.0 Å². The summed E-state index contributed by atoms with van der Waals surface area (Å²) in [6.45, 7) is 11.5. The molecule has 3 heterocycles. The Labute approximate surface area is 237 Å². The highest BCUT2D eigenvalue weighted by atomic mass is 16.5. The van der Waals surface area contributed by atoms with Gasteiger partial charge in [0.1, 0.15) is 11.6 Å². The Kier molecular flexibility index (Phi) is 8.43. The lowest BCUT2D eigenvalue weighted by atomic mass is 9.92. The number of para-hydroxylation sites is 2. The molecule has 212 valence electrons. The number of hydrogen-bond donors (Lipinski definition) is 1. The molecule has 0 radical (unpaired) electrons. The van der Waals surface area contributed by atoms with Gasteiger partial charge < -0.3 is 24.8 Å². The van der Waals surface area contributed by atoms with E-state index >= 15 is 0 Å². The lowest BCUT2D eigenvalue weighted by Gasteiger charge is -2.36. The fourth-order valence-corrected chi connectivity index (χ4v) is 6.16. The highest BCUT2D eigenvalue weighted by molar-refractivity contribution is 5.96. The van der Waals surface area contributed by atoms with Gasteiger partial charge in [-0.15, -0.1) is 0 Å². The summed E-state index contributed by atoms with van der Waals surface area (Å²) < 4.78 is 5.48. The molecular weight excluding hydrogens is 502 g/mol. The summed E-state index contributed by atoms with van der Waals surface area (Å²) in [4.78, 5) is 37.0. The Morgan fingerprint density at radius 2 is 1.68 bits per heavy atom. The molecule has 1 aromatic heterocycles. The van der Waals surface area contributed by atoms with Crippen molar-refractivity contribution < 1.29 is 14.3 Å². The maximum atomic E-state index is 12.8. The van der Waals surface area contributed by atoms with Crippen LogP contribution in [0.4, 0.5) is 17.2 Å². The van der Waals surface area contributed by atoms with Gasteiger partial charge in [0.05, 0.1) is 18.3 Å². The number of aromatic nitrogens is 1. The largest absolute Gasteiger partial charge is 0.495 e. The van der Waals surface area contributed by atoms with Crippen molar-refractivity contribution in [2.75, 3.05) is 61.5 Å². The number of pyridine rings is 1. The van der Waals surface area contributed by atoms with E-state index in [9.17, 15) is 9.59 Å². The van der Waals surface area contributed by atoms with Crippen LogP contribution < -0.4 is 19.9 Å². The molecule has 8 heteroatoms. The maximum absolute atomic E-state index is 12.8. The number of hydrogen-bond acceptors (Lipinski definition) is 6. The first-order valence-electron chi connectivity index (χ1n) is 14.4.